The molecule has 0 unspecified atom stereocenters. The van der Waals surface area contributed by atoms with Crippen LogP contribution in [0.5, 0.6) is 5.75 Å². The number of aromatic nitrogens is 2. The Morgan fingerprint density at radius 3 is 2.41 bits per heavy atom. The molecule has 1 aromatic carbocycles. The number of carbonyl (C=O) groups excluding carboxylic acids is 1. The number of carbonyl (C=O) groups is 1. The second kappa shape index (κ2) is 11.4. The van der Waals surface area contributed by atoms with Crippen molar-refractivity contribution >= 4 is 6.09 Å². The molecule has 8 nitrogen and oxygen atoms in total. The topological polar surface area (TPSA) is 63.1 Å². The van der Waals surface area contributed by atoms with Crippen molar-refractivity contribution in [3.63, 3.8) is 0 Å². The maximum absolute atomic E-state index is 12.3. The van der Waals surface area contributed by atoms with Gasteiger partial charge in [0.05, 0.1) is 11.9 Å². The number of imidazole rings is 1. The Kier molecular flexibility index (Phi) is 8.05. The van der Waals surface area contributed by atoms with Gasteiger partial charge in [0.1, 0.15) is 23.8 Å². The minimum atomic E-state index is -0.432. The molecule has 37 heavy (non-hydrogen) atoms. The van der Waals surface area contributed by atoms with Gasteiger partial charge in [-0.2, -0.15) is 0 Å². The number of hydrogen-bond donors (Lipinski definition) is 0. The lowest BCUT2D eigenvalue weighted by molar-refractivity contribution is 0.0122. The molecule has 0 aliphatic carbocycles. The minimum absolute atomic E-state index is 0.180. The summed E-state index contributed by atoms with van der Waals surface area (Å²) in [5.41, 5.74) is 1.99. The van der Waals surface area contributed by atoms with Crippen molar-refractivity contribution in [2.24, 2.45) is 5.92 Å². The molecule has 2 aromatic rings. The number of likely N-dealkylation sites (tertiary alicyclic amines) is 1. The SMILES string of the molecule is CC(C)(C)OC(=O)N1CCN(CC2CCN(CCOc3ccc(-c4cnc5n4CCC5)cc3)CC2)CC1. The average Bonchev–Trinajstić information content (AvgIpc) is 3.49. The zero-order chi connectivity index (χ0) is 25.8. The fraction of sp³-hybridized carbons (Fsp3) is 0.655. The number of amides is 1. The number of piperazine rings is 1. The van der Waals surface area contributed by atoms with Gasteiger partial charge in [0.2, 0.25) is 0 Å². The Bertz CT molecular complexity index is 1030. The van der Waals surface area contributed by atoms with Crippen molar-refractivity contribution in [1.29, 1.82) is 0 Å². The predicted octanol–water partition coefficient (Wildman–Crippen LogP) is 4.14. The molecule has 0 saturated carbocycles. The zero-order valence-electron chi connectivity index (χ0n) is 22.8. The molecule has 3 aliphatic rings. The van der Waals surface area contributed by atoms with E-state index in [1.807, 2.05) is 31.9 Å². The van der Waals surface area contributed by atoms with Crippen LogP contribution in [0.25, 0.3) is 11.3 Å². The third kappa shape index (κ3) is 6.85. The Hall–Kier alpha value is -2.58. The summed E-state index contributed by atoms with van der Waals surface area (Å²) in [4.78, 5) is 23.7. The third-order valence-electron chi connectivity index (χ3n) is 7.79. The molecule has 0 radical (unpaired) electrons. The molecule has 2 saturated heterocycles. The van der Waals surface area contributed by atoms with Gasteiger partial charge in [-0.25, -0.2) is 9.78 Å². The highest BCUT2D eigenvalue weighted by Crippen LogP contribution is 2.27. The molecule has 3 aliphatic heterocycles. The van der Waals surface area contributed by atoms with Crippen LogP contribution in [0.4, 0.5) is 4.79 Å². The van der Waals surface area contributed by atoms with Crippen molar-refractivity contribution in [3.05, 3.63) is 36.3 Å². The normalized spacial score (nSPS) is 19.7. The van der Waals surface area contributed by atoms with Gasteiger partial charge in [-0.05, 0) is 83.3 Å². The Morgan fingerprint density at radius 2 is 1.70 bits per heavy atom. The van der Waals surface area contributed by atoms with Gasteiger partial charge in [-0.1, -0.05) is 0 Å². The van der Waals surface area contributed by atoms with E-state index >= 15 is 0 Å². The Morgan fingerprint density at radius 1 is 0.973 bits per heavy atom. The van der Waals surface area contributed by atoms with E-state index in [4.69, 9.17) is 9.47 Å². The van der Waals surface area contributed by atoms with Gasteiger partial charge in [-0.3, -0.25) is 9.80 Å². The van der Waals surface area contributed by atoms with Crippen LogP contribution in [0.15, 0.2) is 30.5 Å². The average molecular weight is 510 g/mol. The summed E-state index contributed by atoms with van der Waals surface area (Å²) in [7, 11) is 0. The first-order valence-electron chi connectivity index (χ1n) is 14.0. The summed E-state index contributed by atoms with van der Waals surface area (Å²) < 4.78 is 13.9. The van der Waals surface area contributed by atoms with Crippen LogP contribution in [0.3, 0.4) is 0 Å². The molecule has 0 spiro atoms. The number of fused-ring (bicyclic) bond motifs is 1. The van der Waals surface area contributed by atoms with Gasteiger partial charge < -0.3 is 18.9 Å². The predicted molar refractivity (Wildman–Crippen MR) is 145 cm³/mol. The largest absolute Gasteiger partial charge is 0.492 e. The maximum atomic E-state index is 12.3. The quantitative estimate of drug-likeness (QED) is 0.559. The summed E-state index contributed by atoms with van der Waals surface area (Å²) in [6.07, 6.45) is 6.57. The first-order chi connectivity index (χ1) is 17.8. The van der Waals surface area contributed by atoms with E-state index in [9.17, 15) is 4.79 Å². The molecule has 4 heterocycles. The van der Waals surface area contributed by atoms with E-state index in [0.29, 0.717) is 0 Å². The molecule has 0 N–H and O–H groups in total. The van der Waals surface area contributed by atoms with Crippen molar-refractivity contribution in [2.45, 2.75) is 58.6 Å². The number of ether oxygens (including phenoxy) is 2. The molecule has 202 valence electrons. The van der Waals surface area contributed by atoms with E-state index in [2.05, 4.69) is 43.6 Å². The number of piperidine rings is 1. The maximum Gasteiger partial charge on any atom is 0.410 e. The van der Waals surface area contributed by atoms with Crippen LogP contribution < -0.4 is 4.74 Å². The molecule has 0 bridgehead atoms. The fourth-order valence-electron chi connectivity index (χ4n) is 5.70. The summed E-state index contributed by atoms with van der Waals surface area (Å²) in [6, 6.07) is 8.46. The summed E-state index contributed by atoms with van der Waals surface area (Å²) >= 11 is 0. The highest BCUT2D eigenvalue weighted by molar-refractivity contribution is 5.68. The first kappa shape index (κ1) is 26.0. The molecule has 0 atom stereocenters. The summed E-state index contributed by atoms with van der Waals surface area (Å²) in [6.45, 7) is 15.3. The molecule has 1 amide bonds. The van der Waals surface area contributed by atoms with E-state index in [1.54, 1.807) is 0 Å². The van der Waals surface area contributed by atoms with Gasteiger partial charge in [0.25, 0.3) is 0 Å². The van der Waals surface area contributed by atoms with Gasteiger partial charge in [-0.15, -0.1) is 0 Å². The monoisotopic (exact) mass is 509 g/mol. The molecular weight excluding hydrogens is 466 g/mol. The highest BCUT2D eigenvalue weighted by Gasteiger charge is 2.28. The number of rotatable bonds is 7. The lowest BCUT2D eigenvalue weighted by Crippen LogP contribution is -2.51. The second-order valence-electron chi connectivity index (χ2n) is 11.7. The zero-order valence-corrected chi connectivity index (χ0v) is 22.8. The number of benzene rings is 1. The van der Waals surface area contributed by atoms with Gasteiger partial charge >= 0.3 is 6.09 Å². The van der Waals surface area contributed by atoms with Gasteiger partial charge in [0, 0.05) is 57.8 Å². The van der Waals surface area contributed by atoms with Crippen LogP contribution in [0, 0.1) is 5.92 Å². The minimum Gasteiger partial charge on any atom is -0.492 e. The lowest BCUT2D eigenvalue weighted by Gasteiger charge is -2.39. The van der Waals surface area contributed by atoms with E-state index < -0.39 is 5.60 Å². The third-order valence-corrected chi connectivity index (χ3v) is 7.79. The number of hydrogen-bond acceptors (Lipinski definition) is 6. The van der Waals surface area contributed by atoms with Crippen LogP contribution in [0.2, 0.25) is 0 Å². The van der Waals surface area contributed by atoms with Crippen molar-refractivity contribution < 1.29 is 14.3 Å². The van der Waals surface area contributed by atoms with Gasteiger partial charge in [0.15, 0.2) is 0 Å². The van der Waals surface area contributed by atoms with Crippen LogP contribution in [-0.4, -0.2) is 94.9 Å². The van der Waals surface area contributed by atoms with E-state index in [0.717, 1.165) is 83.6 Å². The second-order valence-corrected chi connectivity index (χ2v) is 11.7. The summed E-state index contributed by atoms with van der Waals surface area (Å²) in [5, 5.41) is 0. The van der Waals surface area contributed by atoms with Crippen LogP contribution in [0.1, 0.15) is 45.9 Å². The number of nitrogens with zero attached hydrogens (tertiary/aromatic N) is 5. The first-order valence-corrected chi connectivity index (χ1v) is 14.0. The molecular formula is C29H43N5O3. The summed E-state index contributed by atoms with van der Waals surface area (Å²) in [5.74, 6) is 2.88. The lowest BCUT2D eigenvalue weighted by atomic mass is 9.96. The molecule has 2 fully saturated rings. The molecule has 5 rings (SSSR count). The van der Waals surface area contributed by atoms with Crippen LogP contribution in [-0.2, 0) is 17.7 Å². The Balaban J connectivity index is 0.974. The number of aryl methyl sites for hydroxylation is 1. The van der Waals surface area contributed by atoms with E-state index in [1.165, 1.54) is 36.3 Å². The van der Waals surface area contributed by atoms with Crippen molar-refractivity contribution in [3.8, 4) is 17.0 Å². The molecule has 1 aromatic heterocycles. The smallest absolute Gasteiger partial charge is 0.410 e. The Labute approximate surface area is 221 Å². The van der Waals surface area contributed by atoms with E-state index in [-0.39, 0.29) is 6.09 Å². The highest BCUT2D eigenvalue weighted by atomic mass is 16.6. The van der Waals surface area contributed by atoms with Crippen molar-refractivity contribution in [1.82, 2.24) is 24.3 Å². The fourth-order valence-corrected chi connectivity index (χ4v) is 5.70. The van der Waals surface area contributed by atoms with Crippen molar-refractivity contribution in [2.75, 3.05) is 59.0 Å². The van der Waals surface area contributed by atoms with Crippen LogP contribution >= 0.6 is 0 Å². The molecule has 8 heteroatoms. The standard InChI is InChI=1S/C29H43N5O3/c1-29(2,3)37-28(35)33-17-15-32(16-18-33)22-23-10-13-31(14-11-23)19-20-36-25-8-6-24(7-9-25)26-21-30-27-5-4-12-34(26)27/h6-9,21,23H,4-5,10-20,22H2,1-3H3.